The molecule has 0 aromatic heterocycles. The molecule has 3 N–H and O–H groups in total. The molecule has 1 aliphatic carbocycles. The van der Waals surface area contributed by atoms with Crippen molar-refractivity contribution in [2.24, 2.45) is 5.73 Å². The predicted octanol–water partition coefficient (Wildman–Crippen LogP) is 1.51. The van der Waals surface area contributed by atoms with E-state index >= 15 is 0 Å². The molecule has 0 bridgehead atoms. The molecule has 2 unspecified atom stereocenters. The van der Waals surface area contributed by atoms with E-state index in [1.807, 2.05) is 25.1 Å². The number of carbonyl (C=O) groups is 1. The molecule has 0 spiro atoms. The molecule has 1 aliphatic rings. The number of nitrogens with two attached hydrogens (primary N) is 1. The van der Waals surface area contributed by atoms with Crippen molar-refractivity contribution < 1.29 is 4.79 Å². The lowest BCUT2D eigenvalue weighted by Crippen LogP contribution is -2.41. The lowest BCUT2D eigenvalue weighted by atomic mass is 9.77. The molecule has 1 aromatic rings. The summed E-state index contributed by atoms with van der Waals surface area (Å²) in [5, 5.41) is 2.95. The van der Waals surface area contributed by atoms with Gasteiger partial charge in [-0.2, -0.15) is 0 Å². The summed E-state index contributed by atoms with van der Waals surface area (Å²) in [7, 11) is 0. The van der Waals surface area contributed by atoms with Gasteiger partial charge in [0.05, 0.1) is 10.9 Å². The average molecular weight is 248 g/mol. The van der Waals surface area contributed by atoms with E-state index in [1.54, 1.807) is 0 Å². The first-order chi connectivity index (χ1) is 8.08. The molecular formula is C13H16N2OS. The molecule has 0 fully saturated rings. The first kappa shape index (κ1) is 12.0. The van der Waals surface area contributed by atoms with Gasteiger partial charge in [0.25, 0.3) is 0 Å². The van der Waals surface area contributed by atoms with Gasteiger partial charge in [0.2, 0.25) is 5.91 Å². The van der Waals surface area contributed by atoms with Crippen LogP contribution in [0.25, 0.3) is 0 Å². The number of fused-ring (bicyclic) bond motifs is 1. The maximum atomic E-state index is 12.0. The molecule has 0 saturated carbocycles. The Morgan fingerprint density at radius 3 is 2.94 bits per heavy atom. The van der Waals surface area contributed by atoms with E-state index in [2.05, 4.69) is 11.4 Å². The van der Waals surface area contributed by atoms with Gasteiger partial charge in [-0.3, -0.25) is 4.79 Å². The summed E-state index contributed by atoms with van der Waals surface area (Å²) >= 11 is 4.82. The summed E-state index contributed by atoms with van der Waals surface area (Å²) in [4.78, 5) is 12.4. The highest BCUT2D eigenvalue weighted by atomic mass is 32.1. The normalized spacial score (nSPS) is 18.8. The Morgan fingerprint density at radius 2 is 2.29 bits per heavy atom. The Labute approximate surface area is 106 Å². The average Bonchev–Trinajstić information content (AvgIpc) is 2.18. The van der Waals surface area contributed by atoms with Crippen LogP contribution in [0.2, 0.25) is 0 Å². The second-order valence-corrected chi connectivity index (χ2v) is 5.06. The SMILES string of the molecule is CC(CC(N)=S)NC(=O)C1Cc2ccccc21. The minimum Gasteiger partial charge on any atom is -0.393 e. The third-order valence-electron chi connectivity index (χ3n) is 3.07. The number of hydrogen-bond acceptors (Lipinski definition) is 2. The molecule has 4 heteroatoms. The first-order valence-corrected chi connectivity index (χ1v) is 6.15. The number of benzene rings is 1. The second kappa shape index (κ2) is 4.84. The van der Waals surface area contributed by atoms with Gasteiger partial charge in [0.1, 0.15) is 0 Å². The van der Waals surface area contributed by atoms with Crippen LogP contribution in [-0.4, -0.2) is 16.9 Å². The molecule has 1 amide bonds. The number of carbonyl (C=O) groups excluding carboxylic acids is 1. The topological polar surface area (TPSA) is 55.1 Å². The number of hydrogen-bond donors (Lipinski definition) is 2. The zero-order valence-electron chi connectivity index (χ0n) is 9.77. The number of rotatable bonds is 4. The molecule has 0 aliphatic heterocycles. The Bertz CT molecular complexity index is 458. The highest BCUT2D eigenvalue weighted by Crippen LogP contribution is 2.34. The van der Waals surface area contributed by atoms with Crippen molar-refractivity contribution in [2.45, 2.75) is 31.7 Å². The summed E-state index contributed by atoms with van der Waals surface area (Å²) in [6.45, 7) is 1.92. The summed E-state index contributed by atoms with van der Waals surface area (Å²) in [5.41, 5.74) is 7.87. The van der Waals surface area contributed by atoms with Gasteiger partial charge in [-0.15, -0.1) is 0 Å². The van der Waals surface area contributed by atoms with Crippen LogP contribution in [0.4, 0.5) is 0 Å². The fourth-order valence-electron chi connectivity index (χ4n) is 2.19. The molecule has 3 nitrogen and oxygen atoms in total. The Kier molecular flexibility index (Phi) is 3.43. The number of thiocarbonyl (C=S) groups is 1. The van der Waals surface area contributed by atoms with E-state index in [0.717, 1.165) is 12.0 Å². The van der Waals surface area contributed by atoms with Crippen molar-refractivity contribution in [2.75, 3.05) is 0 Å². The zero-order valence-corrected chi connectivity index (χ0v) is 10.6. The van der Waals surface area contributed by atoms with Gasteiger partial charge in [0.15, 0.2) is 0 Å². The fraction of sp³-hybridized carbons (Fsp3) is 0.385. The van der Waals surface area contributed by atoms with E-state index in [4.69, 9.17) is 18.0 Å². The summed E-state index contributed by atoms with van der Waals surface area (Å²) in [5.74, 6) is 0.0763. The smallest absolute Gasteiger partial charge is 0.228 e. The molecular weight excluding hydrogens is 232 g/mol. The molecule has 2 rings (SSSR count). The van der Waals surface area contributed by atoms with Crippen LogP contribution in [0.5, 0.6) is 0 Å². The quantitative estimate of drug-likeness (QED) is 0.794. The summed E-state index contributed by atoms with van der Waals surface area (Å²) < 4.78 is 0. The van der Waals surface area contributed by atoms with Gasteiger partial charge >= 0.3 is 0 Å². The van der Waals surface area contributed by atoms with Crippen LogP contribution in [-0.2, 0) is 11.2 Å². The zero-order chi connectivity index (χ0) is 12.4. The van der Waals surface area contributed by atoms with Crippen molar-refractivity contribution in [1.82, 2.24) is 5.32 Å². The van der Waals surface area contributed by atoms with Crippen LogP contribution in [0.1, 0.15) is 30.4 Å². The van der Waals surface area contributed by atoms with Crippen LogP contribution < -0.4 is 11.1 Å². The highest BCUT2D eigenvalue weighted by Gasteiger charge is 2.32. The van der Waals surface area contributed by atoms with E-state index < -0.39 is 0 Å². The van der Waals surface area contributed by atoms with E-state index in [1.165, 1.54) is 5.56 Å². The molecule has 0 saturated heterocycles. The van der Waals surface area contributed by atoms with Crippen molar-refractivity contribution in [1.29, 1.82) is 0 Å². The standard InChI is InChI=1S/C13H16N2OS/c1-8(6-12(14)17)15-13(16)11-7-9-4-2-3-5-10(9)11/h2-5,8,11H,6-7H2,1H3,(H2,14,17)(H,15,16). The van der Waals surface area contributed by atoms with Gasteiger partial charge in [0, 0.05) is 12.5 Å². The summed E-state index contributed by atoms with van der Waals surface area (Å²) in [6.07, 6.45) is 1.39. The molecule has 0 heterocycles. The summed E-state index contributed by atoms with van der Waals surface area (Å²) in [6, 6.07) is 8.06. The number of nitrogens with one attached hydrogen (secondary N) is 1. The highest BCUT2D eigenvalue weighted by molar-refractivity contribution is 7.80. The molecule has 90 valence electrons. The van der Waals surface area contributed by atoms with Crippen molar-refractivity contribution in [3.63, 3.8) is 0 Å². The minimum absolute atomic E-state index is 0.00000378. The van der Waals surface area contributed by atoms with E-state index in [0.29, 0.717) is 11.4 Å². The lowest BCUT2D eigenvalue weighted by molar-refractivity contribution is -0.123. The Hall–Kier alpha value is -1.42. The Balaban J connectivity index is 1.93. The lowest BCUT2D eigenvalue weighted by Gasteiger charge is -2.30. The van der Waals surface area contributed by atoms with Gasteiger partial charge in [-0.05, 0) is 24.5 Å². The van der Waals surface area contributed by atoms with Crippen molar-refractivity contribution >= 4 is 23.1 Å². The second-order valence-electron chi connectivity index (χ2n) is 4.54. The largest absolute Gasteiger partial charge is 0.393 e. The number of amides is 1. The van der Waals surface area contributed by atoms with Gasteiger partial charge < -0.3 is 11.1 Å². The monoisotopic (exact) mass is 248 g/mol. The third kappa shape index (κ3) is 2.64. The van der Waals surface area contributed by atoms with Crippen LogP contribution in [0, 0.1) is 0 Å². The van der Waals surface area contributed by atoms with Gasteiger partial charge in [-0.25, -0.2) is 0 Å². The van der Waals surface area contributed by atoms with Crippen LogP contribution in [0.15, 0.2) is 24.3 Å². The molecule has 0 radical (unpaired) electrons. The third-order valence-corrected chi connectivity index (χ3v) is 3.23. The van der Waals surface area contributed by atoms with Crippen LogP contribution >= 0.6 is 12.2 Å². The van der Waals surface area contributed by atoms with Crippen LogP contribution in [0.3, 0.4) is 0 Å². The maximum Gasteiger partial charge on any atom is 0.228 e. The minimum atomic E-state index is -0.00000378. The van der Waals surface area contributed by atoms with Crippen molar-refractivity contribution in [3.8, 4) is 0 Å². The fourth-order valence-corrected chi connectivity index (χ4v) is 2.44. The maximum absolute atomic E-state index is 12.0. The molecule has 17 heavy (non-hydrogen) atoms. The predicted molar refractivity (Wildman–Crippen MR) is 71.9 cm³/mol. The van der Waals surface area contributed by atoms with E-state index in [-0.39, 0.29) is 17.9 Å². The Morgan fingerprint density at radius 1 is 1.59 bits per heavy atom. The van der Waals surface area contributed by atoms with Crippen molar-refractivity contribution in [3.05, 3.63) is 35.4 Å². The van der Waals surface area contributed by atoms with E-state index in [9.17, 15) is 4.79 Å². The molecule has 1 aromatic carbocycles. The van der Waals surface area contributed by atoms with Gasteiger partial charge in [-0.1, -0.05) is 36.5 Å². The first-order valence-electron chi connectivity index (χ1n) is 5.74. The molecule has 2 atom stereocenters.